The summed E-state index contributed by atoms with van der Waals surface area (Å²) in [6.45, 7) is 2.30. The molecule has 3 aromatic carbocycles. The molecule has 0 fully saturated rings. The van der Waals surface area contributed by atoms with Crippen LogP contribution in [0.1, 0.15) is 21.5 Å². The van der Waals surface area contributed by atoms with E-state index in [0.29, 0.717) is 12.0 Å². The molecule has 4 nitrogen and oxygen atoms in total. The number of rotatable bonds is 5. The van der Waals surface area contributed by atoms with Crippen LogP contribution in [0.15, 0.2) is 66.9 Å². The number of carbonyl (C=O) groups excluding carboxylic acids is 1. The van der Waals surface area contributed by atoms with Gasteiger partial charge in [0.05, 0.1) is 16.3 Å². The van der Waals surface area contributed by atoms with Crippen molar-refractivity contribution in [1.82, 2.24) is 4.98 Å². The zero-order valence-corrected chi connectivity index (χ0v) is 16.5. The molecule has 0 saturated heterocycles. The first-order valence-corrected chi connectivity index (χ1v) is 9.49. The Balaban J connectivity index is 1.63. The van der Waals surface area contributed by atoms with Crippen LogP contribution in [-0.2, 0) is 6.61 Å². The summed E-state index contributed by atoms with van der Waals surface area (Å²) in [5, 5.41) is 12.4. The standard InChI is InChI=1S/C24H18ClNO3/c1-15-18(14-29-24-11-23(28)19(13-27)9-21(24)25)7-4-8-20(15)22-10-16-5-2-3-6-17(16)12-26-22/h2-13,28H,14H2,1H3. The quantitative estimate of drug-likeness (QED) is 0.417. The summed E-state index contributed by atoms with van der Waals surface area (Å²) in [5.41, 5.74) is 4.09. The fourth-order valence-electron chi connectivity index (χ4n) is 3.27. The van der Waals surface area contributed by atoms with Gasteiger partial charge in [-0.2, -0.15) is 0 Å². The third-order valence-corrected chi connectivity index (χ3v) is 5.24. The van der Waals surface area contributed by atoms with E-state index in [2.05, 4.69) is 17.1 Å². The van der Waals surface area contributed by atoms with Crippen LogP contribution in [-0.4, -0.2) is 16.4 Å². The van der Waals surface area contributed by atoms with E-state index < -0.39 is 0 Å². The molecule has 0 amide bonds. The average molecular weight is 404 g/mol. The molecule has 1 aromatic heterocycles. The van der Waals surface area contributed by atoms with E-state index >= 15 is 0 Å². The summed E-state index contributed by atoms with van der Waals surface area (Å²) >= 11 is 6.16. The minimum atomic E-state index is -0.162. The topological polar surface area (TPSA) is 59.4 Å². The highest BCUT2D eigenvalue weighted by atomic mass is 35.5. The van der Waals surface area contributed by atoms with E-state index in [1.807, 2.05) is 49.5 Å². The van der Waals surface area contributed by atoms with Crippen molar-refractivity contribution in [3.8, 4) is 22.8 Å². The van der Waals surface area contributed by atoms with Gasteiger partial charge in [-0.25, -0.2) is 0 Å². The maximum Gasteiger partial charge on any atom is 0.153 e. The molecule has 4 aromatic rings. The Hall–Kier alpha value is -3.37. The van der Waals surface area contributed by atoms with Gasteiger partial charge in [-0.3, -0.25) is 9.78 Å². The highest BCUT2D eigenvalue weighted by Crippen LogP contribution is 2.33. The Morgan fingerprint density at radius 3 is 2.66 bits per heavy atom. The predicted molar refractivity (Wildman–Crippen MR) is 115 cm³/mol. The van der Waals surface area contributed by atoms with Crippen LogP contribution >= 0.6 is 11.6 Å². The Kier molecular flexibility index (Phi) is 5.19. The van der Waals surface area contributed by atoms with Gasteiger partial charge in [0.25, 0.3) is 0 Å². The molecule has 0 aliphatic rings. The van der Waals surface area contributed by atoms with Crippen molar-refractivity contribution in [3.05, 3.63) is 88.6 Å². The van der Waals surface area contributed by atoms with Gasteiger partial charge in [-0.15, -0.1) is 0 Å². The van der Waals surface area contributed by atoms with E-state index in [9.17, 15) is 9.90 Å². The molecule has 144 valence electrons. The number of pyridine rings is 1. The molecule has 0 aliphatic carbocycles. The largest absolute Gasteiger partial charge is 0.507 e. The molecule has 5 heteroatoms. The molecule has 4 rings (SSSR count). The summed E-state index contributed by atoms with van der Waals surface area (Å²) in [7, 11) is 0. The number of nitrogens with zero attached hydrogens (tertiary/aromatic N) is 1. The Labute approximate surface area is 173 Å². The average Bonchev–Trinajstić information content (AvgIpc) is 2.74. The molecule has 0 saturated carbocycles. The highest BCUT2D eigenvalue weighted by molar-refractivity contribution is 6.32. The van der Waals surface area contributed by atoms with E-state index in [1.54, 1.807) is 0 Å². The van der Waals surface area contributed by atoms with Crippen molar-refractivity contribution in [1.29, 1.82) is 0 Å². The summed E-state index contributed by atoms with van der Waals surface area (Å²) in [5.74, 6) is 0.161. The lowest BCUT2D eigenvalue weighted by molar-refractivity contribution is 0.112. The molecule has 0 spiro atoms. The second kappa shape index (κ2) is 7.94. The normalized spacial score (nSPS) is 10.8. The number of phenolic OH excluding ortho intramolecular Hbond substituents is 1. The molecule has 0 unspecified atom stereocenters. The van der Waals surface area contributed by atoms with Crippen LogP contribution < -0.4 is 4.74 Å². The fourth-order valence-corrected chi connectivity index (χ4v) is 3.49. The Morgan fingerprint density at radius 2 is 1.86 bits per heavy atom. The molecule has 1 N–H and O–H groups in total. The van der Waals surface area contributed by atoms with Gasteiger partial charge in [0, 0.05) is 23.2 Å². The minimum absolute atomic E-state index is 0.128. The summed E-state index contributed by atoms with van der Waals surface area (Å²) in [6.07, 6.45) is 2.43. The Morgan fingerprint density at radius 1 is 1.07 bits per heavy atom. The molecule has 0 aliphatic heterocycles. The van der Waals surface area contributed by atoms with Gasteiger partial charge >= 0.3 is 0 Å². The van der Waals surface area contributed by atoms with E-state index in [-0.39, 0.29) is 22.9 Å². The van der Waals surface area contributed by atoms with Crippen molar-refractivity contribution in [3.63, 3.8) is 0 Å². The molecule has 0 radical (unpaired) electrons. The van der Waals surface area contributed by atoms with Crippen molar-refractivity contribution in [2.45, 2.75) is 13.5 Å². The van der Waals surface area contributed by atoms with Gasteiger partial charge in [0.2, 0.25) is 0 Å². The molecule has 0 atom stereocenters. The first-order chi connectivity index (χ1) is 14.1. The molecule has 1 heterocycles. The third kappa shape index (κ3) is 3.80. The number of benzene rings is 3. The number of aromatic hydroxyl groups is 1. The molecular formula is C24H18ClNO3. The van der Waals surface area contributed by atoms with Crippen LogP contribution in [0.25, 0.3) is 22.0 Å². The number of fused-ring (bicyclic) bond motifs is 1. The highest BCUT2D eigenvalue weighted by Gasteiger charge is 2.12. The third-order valence-electron chi connectivity index (χ3n) is 4.94. The van der Waals surface area contributed by atoms with Gasteiger partial charge in [-0.05, 0) is 35.6 Å². The zero-order chi connectivity index (χ0) is 20.4. The van der Waals surface area contributed by atoms with Crippen LogP contribution in [0.2, 0.25) is 5.02 Å². The second-order valence-corrected chi connectivity index (χ2v) is 7.16. The molecule has 29 heavy (non-hydrogen) atoms. The number of hydrogen-bond acceptors (Lipinski definition) is 4. The lowest BCUT2D eigenvalue weighted by atomic mass is 9.99. The summed E-state index contributed by atoms with van der Waals surface area (Å²) < 4.78 is 5.82. The first-order valence-electron chi connectivity index (χ1n) is 9.11. The fraction of sp³-hybridized carbons (Fsp3) is 0.0833. The van der Waals surface area contributed by atoms with E-state index in [0.717, 1.165) is 33.2 Å². The summed E-state index contributed by atoms with van der Waals surface area (Å²) in [6, 6.07) is 18.9. The van der Waals surface area contributed by atoms with Crippen molar-refractivity contribution < 1.29 is 14.6 Å². The first kappa shape index (κ1) is 19.0. The maximum atomic E-state index is 10.9. The van der Waals surface area contributed by atoms with Crippen LogP contribution in [0.4, 0.5) is 0 Å². The van der Waals surface area contributed by atoms with Gasteiger partial charge in [-0.1, -0.05) is 54.1 Å². The van der Waals surface area contributed by atoms with Crippen LogP contribution in [0.5, 0.6) is 11.5 Å². The van der Waals surface area contributed by atoms with Crippen molar-refractivity contribution >= 4 is 28.7 Å². The number of carbonyl (C=O) groups is 1. The van der Waals surface area contributed by atoms with E-state index in [1.165, 1.54) is 12.1 Å². The number of aromatic nitrogens is 1. The summed E-state index contributed by atoms with van der Waals surface area (Å²) in [4.78, 5) is 15.5. The van der Waals surface area contributed by atoms with Crippen LogP contribution in [0, 0.1) is 6.92 Å². The minimum Gasteiger partial charge on any atom is -0.507 e. The molecular weight excluding hydrogens is 386 g/mol. The lowest BCUT2D eigenvalue weighted by Crippen LogP contribution is -2.00. The van der Waals surface area contributed by atoms with Crippen molar-refractivity contribution in [2.75, 3.05) is 0 Å². The van der Waals surface area contributed by atoms with Gasteiger partial charge in [0.1, 0.15) is 18.1 Å². The monoisotopic (exact) mass is 403 g/mol. The predicted octanol–water partition coefficient (Wildman–Crippen LogP) is 5.96. The van der Waals surface area contributed by atoms with E-state index in [4.69, 9.17) is 16.3 Å². The lowest BCUT2D eigenvalue weighted by Gasteiger charge is -2.14. The SMILES string of the molecule is Cc1c(COc2cc(O)c(C=O)cc2Cl)cccc1-c1cc2ccccc2cn1. The number of ether oxygens (including phenoxy) is 1. The maximum absolute atomic E-state index is 10.9. The number of halogens is 1. The Bertz CT molecular complexity index is 1220. The second-order valence-electron chi connectivity index (χ2n) is 6.75. The van der Waals surface area contributed by atoms with Crippen LogP contribution in [0.3, 0.4) is 0 Å². The number of hydrogen-bond donors (Lipinski definition) is 1. The van der Waals surface area contributed by atoms with Gasteiger partial charge in [0.15, 0.2) is 6.29 Å². The zero-order valence-electron chi connectivity index (χ0n) is 15.7. The smallest absolute Gasteiger partial charge is 0.153 e. The molecule has 0 bridgehead atoms. The van der Waals surface area contributed by atoms with Crippen molar-refractivity contribution in [2.24, 2.45) is 0 Å². The number of aldehydes is 1. The number of phenols is 1. The van der Waals surface area contributed by atoms with Gasteiger partial charge < -0.3 is 9.84 Å².